The fraction of sp³-hybridized carbons (Fsp3) is 0.467. The van der Waals surface area contributed by atoms with Crippen LogP contribution in [0.4, 0.5) is 0 Å². The van der Waals surface area contributed by atoms with Crippen molar-refractivity contribution in [1.82, 2.24) is 5.32 Å². The van der Waals surface area contributed by atoms with Crippen molar-refractivity contribution < 1.29 is 9.15 Å². The first kappa shape index (κ1) is 16.0. The molecule has 0 aliphatic carbocycles. The number of ether oxygens (including phenoxy) is 1. The van der Waals surface area contributed by atoms with Crippen LogP contribution in [0.2, 0.25) is 0 Å². The van der Waals surface area contributed by atoms with Crippen molar-refractivity contribution in [1.29, 1.82) is 0 Å². The van der Waals surface area contributed by atoms with Crippen molar-refractivity contribution in [3.63, 3.8) is 0 Å². The molecule has 2 aromatic rings. The molecule has 1 N–H and O–H groups in total. The number of benzene rings is 1. The zero-order valence-corrected chi connectivity index (χ0v) is 15.1. The largest absolute Gasteiger partial charge is 0.458 e. The van der Waals surface area contributed by atoms with Crippen LogP contribution in [-0.2, 0) is 17.9 Å². The van der Waals surface area contributed by atoms with Gasteiger partial charge in [-0.05, 0) is 40.5 Å². The number of methoxy groups -OCH3 is 1. The molecule has 3 nitrogen and oxygen atoms in total. The first-order chi connectivity index (χ1) is 9.52. The van der Waals surface area contributed by atoms with Gasteiger partial charge in [0.15, 0.2) is 0 Å². The van der Waals surface area contributed by atoms with E-state index in [1.54, 1.807) is 7.11 Å². The summed E-state index contributed by atoms with van der Waals surface area (Å²) in [7, 11) is 1.71. The van der Waals surface area contributed by atoms with Crippen LogP contribution in [0, 0.1) is 5.92 Å². The zero-order chi connectivity index (χ0) is 14.7. The minimum atomic E-state index is 0.550. The molecule has 5 heteroatoms. The van der Waals surface area contributed by atoms with Gasteiger partial charge < -0.3 is 14.5 Å². The standard InChI is InChI=1S/C15H19Br2NO2/c1-9(2)6-18-7-14-12(8-19-3)11-4-10(16)5-13(17)15(11)20-14/h4-5,9,18H,6-8H2,1-3H3. The minimum absolute atomic E-state index is 0.550. The smallest absolute Gasteiger partial charge is 0.148 e. The van der Waals surface area contributed by atoms with Crippen LogP contribution >= 0.6 is 31.9 Å². The van der Waals surface area contributed by atoms with Crippen LogP contribution in [0.25, 0.3) is 11.0 Å². The van der Waals surface area contributed by atoms with Crippen LogP contribution in [-0.4, -0.2) is 13.7 Å². The van der Waals surface area contributed by atoms with E-state index in [9.17, 15) is 0 Å². The SMILES string of the molecule is COCc1c(CNCC(C)C)oc2c(Br)cc(Br)cc12. The molecular weight excluding hydrogens is 386 g/mol. The Kier molecular flexibility index (Phi) is 5.66. The molecule has 1 heterocycles. The van der Waals surface area contributed by atoms with Crippen molar-refractivity contribution >= 4 is 42.8 Å². The summed E-state index contributed by atoms with van der Waals surface area (Å²) in [6.45, 7) is 6.61. The molecule has 0 atom stereocenters. The molecule has 20 heavy (non-hydrogen) atoms. The Morgan fingerprint density at radius 2 is 2.05 bits per heavy atom. The fourth-order valence-electron chi connectivity index (χ4n) is 2.14. The van der Waals surface area contributed by atoms with Crippen LogP contribution in [0.15, 0.2) is 25.5 Å². The van der Waals surface area contributed by atoms with Gasteiger partial charge in [-0.15, -0.1) is 0 Å². The lowest BCUT2D eigenvalue weighted by molar-refractivity contribution is 0.183. The monoisotopic (exact) mass is 403 g/mol. The lowest BCUT2D eigenvalue weighted by Crippen LogP contribution is -2.19. The van der Waals surface area contributed by atoms with Crippen molar-refractivity contribution in [2.45, 2.75) is 27.0 Å². The predicted octanol–water partition coefficient (Wildman–Crippen LogP) is 4.85. The normalized spacial score (nSPS) is 11.7. The van der Waals surface area contributed by atoms with Gasteiger partial charge in [0.2, 0.25) is 0 Å². The zero-order valence-electron chi connectivity index (χ0n) is 11.9. The van der Waals surface area contributed by atoms with Gasteiger partial charge in [0.05, 0.1) is 17.6 Å². The van der Waals surface area contributed by atoms with Crippen LogP contribution in [0.5, 0.6) is 0 Å². The molecule has 0 bridgehead atoms. The van der Waals surface area contributed by atoms with Crippen molar-refractivity contribution in [2.24, 2.45) is 5.92 Å². The Labute approximate surface area is 136 Å². The molecule has 1 aromatic carbocycles. The summed E-state index contributed by atoms with van der Waals surface area (Å²) in [5.74, 6) is 1.56. The molecule has 0 unspecified atom stereocenters. The second-order valence-corrected chi connectivity index (χ2v) is 7.00. The highest BCUT2D eigenvalue weighted by Gasteiger charge is 2.16. The molecule has 0 spiro atoms. The average molecular weight is 405 g/mol. The van der Waals surface area contributed by atoms with Gasteiger partial charge in [-0.3, -0.25) is 0 Å². The van der Waals surface area contributed by atoms with Crippen molar-refractivity contribution in [3.8, 4) is 0 Å². The van der Waals surface area contributed by atoms with Gasteiger partial charge in [0.1, 0.15) is 11.3 Å². The van der Waals surface area contributed by atoms with E-state index in [1.807, 2.05) is 6.07 Å². The average Bonchev–Trinajstić information content (AvgIpc) is 2.69. The second kappa shape index (κ2) is 7.07. The Morgan fingerprint density at radius 1 is 1.30 bits per heavy atom. The number of rotatable bonds is 6. The number of furan rings is 1. The molecule has 0 aliphatic heterocycles. The Morgan fingerprint density at radius 3 is 2.70 bits per heavy atom. The summed E-state index contributed by atoms with van der Waals surface area (Å²) in [6.07, 6.45) is 0. The summed E-state index contributed by atoms with van der Waals surface area (Å²) in [6, 6.07) is 4.07. The van der Waals surface area contributed by atoms with E-state index in [0.29, 0.717) is 12.5 Å². The van der Waals surface area contributed by atoms with Gasteiger partial charge in [-0.25, -0.2) is 0 Å². The van der Waals surface area contributed by atoms with E-state index < -0.39 is 0 Å². The number of fused-ring (bicyclic) bond motifs is 1. The molecule has 0 amide bonds. The van der Waals surface area contributed by atoms with E-state index >= 15 is 0 Å². The number of hydrogen-bond donors (Lipinski definition) is 1. The Bertz CT molecular complexity index is 593. The second-order valence-electron chi connectivity index (χ2n) is 5.23. The molecule has 0 saturated heterocycles. The lowest BCUT2D eigenvalue weighted by atomic mass is 10.1. The molecule has 0 aliphatic rings. The van der Waals surface area contributed by atoms with E-state index in [1.165, 1.54) is 0 Å². The van der Waals surface area contributed by atoms with E-state index in [2.05, 4.69) is 57.1 Å². The van der Waals surface area contributed by atoms with Crippen LogP contribution in [0.1, 0.15) is 25.2 Å². The lowest BCUT2D eigenvalue weighted by Gasteiger charge is -2.07. The molecule has 1 aromatic heterocycles. The van der Waals surface area contributed by atoms with Gasteiger partial charge in [-0.2, -0.15) is 0 Å². The maximum atomic E-state index is 6.01. The molecule has 0 radical (unpaired) electrons. The van der Waals surface area contributed by atoms with Crippen molar-refractivity contribution in [2.75, 3.05) is 13.7 Å². The summed E-state index contributed by atoms with van der Waals surface area (Å²) >= 11 is 7.07. The molecule has 2 rings (SSSR count). The summed E-state index contributed by atoms with van der Waals surface area (Å²) in [5.41, 5.74) is 1.99. The quantitative estimate of drug-likeness (QED) is 0.747. The summed E-state index contributed by atoms with van der Waals surface area (Å²) < 4.78 is 13.3. The highest BCUT2D eigenvalue weighted by Crippen LogP contribution is 2.34. The van der Waals surface area contributed by atoms with E-state index in [4.69, 9.17) is 9.15 Å². The van der Waals surface area contributed by atoms with Gasteiger partial charge >= 0.3 is 0 Å². The Hall–Kier alpha value is -0.360. The fourth-order valence-corrected chi connectivity index (χ4v) is 3.45. The topological polar surface area (TPSA) is 34.4 Å². The van der Waals surface area contributed by atoms with Gasteiger partial charge in [-0.1, -0.05) is 29.8 Å². The highest BCUT2D eigenvalue weighted by atomic mass is 79.9. The third-order valence-electron chi connectivity index (χ3n) is 3.02. The van der Waals surface area contributed by atoms with Crippen molar-refractivity contribution in [3.05, 3.63) is 32.4 Å². The highest BCUT2D eigenvalue weighted by molar-refractivity contribution is 9.11. The van der Waals surface area contributed by atoms with E-state index in [0.717, 1.165) is 44.3 Å². The number of nitrogens with one attached hydrogen (secondary N) is 1. The molecule has 110 valence electrons. The maximum absolute atomic E-state index is 6.01. The molecular formula is C15H19Br2NO2. The van der Waals surface area contributed by atoms with Crippen LogP contribution in [0.3, 0.4) is 0 Å². The van der Waals surface area contributed by atoms with Gasteiger partial charge in [0.25, 0.3) is 0 Å². The molecule has 0 saturated carbocycles. The maximum Gasteiger partial charge on any atom is 0.148 e. The van der Waals surface area contributed by atoms with Crippen LogP contribution < -0.4 is 5.32 Å². The van der Waals surface area contributed by atoms with E-state index in [-0.39, 0.29) is 0 Å². The summed E-state index contributed by atoms with van der Waals surface area (Å²) in [4.78, 5) is 0. The third-order valence-corrected chi connectivity index (χ3v) is 4.07. The summed E-state index contributed by atoms with van der Waals surface area (Å²) in [5, 5.41) is 4.51. The number of hydrogen-bond acceptors (Lipinski definition) is 3. The predicted molar refractivity (Wildman–Crippen MR) is 88.9 cm³/mol. The molecule has 0 fully saturated rings. The first-order valence-corrected chi connectivity index (χ1v) is 8.20. The Balaban J connectivity index is 2.37. The minimum Gasteiger partial charge on any atom is -0.458 e. The van der Waals surface area contributed by atoms with Gasteiger partial charge in [0, 0.05) is 22.5 Å². The number of halogens is 2. The third kappa shape index (κ3) is 3.64. The first-order valence-electron chi connectivity index (χ1n) is 6.61.